The number of fused-ring (bicyclic) bond motifs is 2. The highest BCUT2D eigenvalue weighted by molar-refractivity contribution is 8.05. The first kappa shape index (κ1) is 28.6. The summed E-state index contributed by atoms with van der Waals surface area (Å²) in [6, 6.07) is 17.1. The monoisotopic (exact) mass is 594 g/mol. The quantitative estimate of drug-likeness (QED) is 0.290. The lowest BCUT2D eigenvalue weighted by atomic mass is 10.1. The molecule has 1 aromatic heterocycles. The minimum atomic E-state index is -0.123. The van der Waals surface area contributed by atoms with E-state index < -0.39 is 0 Å². The molecule has 3 aliphatic heterocycles. The van der Waals surface area contributed by atoms with Crippen LogP contribution < -0.4 is 15.8 Å². The molecule has 2 saturated heterocycles. The Morgan fingerprint density at radius 3 is 2.83 bits per heavy atom. The number of ether oxygens (including phenoxy) is 3. The van der Waals surface area contributed by atoms with Gasteiger partial charge in [-0.15, -0.1) is 0 Å². The van der Waals surface area contributed by atoms with Crippen LogP contribution in [0.2, 0.25) is 0 Å². The smallest absolute Gasteiger partial charge is 0.271 e. The molecule has 2 atom stereocenters. The topological polar surface area (TPSA) is 79.1 Å². The van der Waals surface area contributed by atoms with Gasteiger partial charge in [-0.3, -0.25) is 9.69 Å². The number of anilines is 2. The number of morpholine rings is 2. The summed E-state index contributed by atoms with van der Waals surface area (Å²) in [5, 5.41) is 3.73. The van der Waals surface area contributed by atoms with E-state index in [1.807, 2.05) is 35.7 Å². The predicted octanol–water partition coefficient (Wildman–Crippen LogP) is 5.11. The van der Waals surface area contributed by atoms with Crippen LogP contribution in [0.15, 0.2) is 79.1 Å². The molecule has 0 spiro atoms. The van der Waals surface area contributed by atoms with Gasteiger partial charge < -0.3 is 29.4 Å². The summed E-state index contributed by atoms with van der Waals surface area (Å²) in [5.41, 5.74) is 2.79. The summed E-state index contributed by atoms with van der Waals surface area (Å²) >= 11 is 3.61. The maximum Gasteiger partial charge on any atom is 0.271 e. The molecule has 4 heterocycles. The second-order valence-corrected chi connectivity index (χ2v) is 13.5. The molecule has 3 aromatic rings. The van der Waals surface area contributed by atoms with Crippen molar-refractivity contribution in [3.8, 4) is 0 Å². The number of nitrogens with one attached hydrogen (secondary N) is 2. The van der Waals surface area contributed by atoms with Gasteiger partial charge in [0.15, 0.2) is 0 Å². The van der Waals surface area contributed by atoms with Crippen molar-refractivity contribution in [2.75, 3.05) is 69.9 Å². The molecule has 8 nitrogen and oxygen atoms in total. The number of methoxy groups -OCH3 is 1. The van der Waals surface area contributed by atoms with E-state index in [4.69, 9.17) is 14.2 Å². The first-order chi connectivity index (χ1) is 19.9. The number of aromatic amines is 1. The highest BCUT2D eigenvalue weighted by atomic mass is 32.2. The lowest BCUT2D eigenvalue weighted by molar-refractivity contribution is -0.0874. The van der Waals surface area contributed by atoms with Crippen molar-refractivity contribution < 1.29 is 14.2 Å². The third-order valence-electron chi connectivity index (χ3n) is 7.66. The molecule has 6 rings (SSSR count). The Labute approximate surface area is 250 Å². The third kappa shape index (κ3) is 6.63. The first-order valence-electron chi connectivity index (χ1n) is 14.2. The Bertz CT molecular complexity index is 1430. The average molecular weight is 595 g/mol. The van der Waals surface area contributed by atoms with Crippen LogP contribution in [-0.2, 0) is 14.2 Å². The van der Waals surface area contributed by atoms with Crippen LogP contribution in [0.5, 0.6) is 0 Å². The molecule has 0 bridgehead atoms. The van der Waals surface area contributed by atoms with Gasteiger partial charge in [-0.05, 0) is 55.8 Å². The van der Waals surface area contributed by atoms with Crippen molar-refractivity contribution in [1.82, 2.24) is 9.88 Å². The first-order valence-corrected chi connectivity index (χ1v) is 15.8. The van der Waals surface area contributed by atoms with Crippen LogP contribution in [0.1, 0.15) is 25.5 Å². The van der Waals surface area contributed by atoms with E-state index in [-0.39, 0.29) is 23.3 Å². The molecular formula is C31H38N4O4S2. The average Bonchev–Trinajstić information content (AvgIpc) is 2.96. The van der Waals surface area contributed by atoms with Crippen molar-refractivity contribution in [2.24, 2.45) is 0 Å². The maximum atomic E-state index is 12.4. The normalized spacial score (nSPS) is 21.1. The van der Waals surface area contributed by atoms with Gasteiger partial charge in [0.2, 0.25) is 0 Å². The zero-order valence-corrected chi connectivity index (χ0v) is 25.5. The molecule has 10 heteroatoms. The van der Waals surface area contributed by atoms with Gasteiger partial charge in [0.1, 0.15) is 11.8 Å². The van der Waals surface area contributed by atoms with Crippen LogP contribution in [0.4, 0.5) is 11.4 Å². The summed E-state index contributed by atoms with van der Waals surface area (Å²) in [6.45, 7) is 10.4. The van der Waals surface area contributed by atoms with Crippen LogP contribution in [0.25, 0.3) is 0 Å². The molecule has 2 N–H and O–H groups in total. The van der Waals surface area contributed by atoms with Crippen LogP contribution in [0, 0.1) is 0 Å². The number of benzene rings is 2. The molecule has 0 saturated carbocycles. The Balaban J connectivity index is 1.17. The SMILES string of the molecule is COCC(CN1CCOC(C)(C)C1)Nc1ccc2c(c1)Sc1cccc([C@H]3CN(c4ccc[nH]c4=O)CCO3)c1S2. The van der Waals surface area contributed by atoms with Crippen molar-refractivity contribution >= 4 is 34.9 Å². The number of nitrogens with zero attached hydrogens (tertiary/aromatic N) is 2. The minimum Gasteiger partial charge on any atom is -0.383 e. The van der Waals surface area contributed by atoms with Gasteiger partial charge in [-0.1, -0.05) is 35.7 Å². The van der Waals surface area contributed by atoms with Crippen molar-refractivity contribution in [2.45, 2.75) is 51.2 Å². The van der Waals surface area contributed by atoms with Crippen molar-refractivity contribution in [3.63, 3.8) is 0 Å². The second kappa shape index (κ2) is 12.4. The third-order valence-corrected chi connectivity index (χ3v) is 10.3. The maximum absolute atomic E-state index is 12.4. The summed E-state index contributed by atoms with van der Waals surface area (Å²) < 4.78 is 17.7. The van der Waals surface area contributed by atoms with Gasteiger partial charge in [-0.25, -0.2) is 0 Å². The fourth-order valence-corrected chi connectivity index (χ4v) is 8.29. The van der Waals surface area contributed by atoms with Gasteiger partial charge in [0.25, 0.3) is 5.56 Å². The standard InChI is InChI=1S/C31H38N4O4S2/c1-31(2)20-34(12-15-39-31)17-22(19-37-3)33-21-9-10-26-28(16-21)40-27-8-4-6-23(29(27)41-26)25-18-35(13-14-38-25)24-7-5-11-32-30(24)36/h4-11,16,22,25,33H,12-15,17-20H2,1-3H3,(H,32,36)/t22?,25-/m1/s1. The van der Waals surface area contributed by atoms with E-state index in [1.54, 1.807) is 13.3 Å². The van der Waals surface area contributed by atoms with Gasteiger partial charge >= 0.3 is 0 Å². The Hall–Kier alpha value is -2.47. The summed E-state index contributed by atoms with van der Waals surface area (Å²) in [6.07, 6.45) is 1.57. The molecule has 0 amide bonds. The number of hydrogen-bond donors (Lipinski definition) is 2. The van der Waals surface area contributed by atoms with E-state index in [0.29, 0.717) is 32.0 Å². The Morgan fingerprint density at radius 2 is 2.00 bits per heavy atom. The minimum absolute atomic E-state index is 0.0620. The van der Waals surface area contributed by atoms with E-state index in [2.05, 4.69) is 70.3 Å². The molecule has 2 fully saturated rings. The number of hydrogen-bond acceptors (Lipinski definition) is 9. The fraction of sp³-hybridized carbons (Fsp3) is 0.452. The number of H-pyrrole nitrogens is 1. The molecule has 3 aliphatic rings. The van der Waals surface area contributed by atoms with Crippen LogP contribution in [0.3, 0.4) is 0 Å². The number of rotatable bonds is 8. The van der Waals surface area contributed by atoms with E-state index >= 15 is 0 Å². The van der Waals surface area contributed by atoms with E-state index in [0.717, 1.165) is 31.9 Å². The van der Waals surface area contributed by atoms with Crippen molar-refractivity contribution in [1.29, 1.82) is 0 Å². The second-order valence-electron chi connectivity index (χ2n) is 11.4. The summed E-state index contributed by atoms with van der Waals surface area (Å²) in [4.78, 5) is 24.8. The highest BCUT2D eigenvalue weighted by Crippen LogP contribution is 2.51. The Kier molecular flexibility index (Phi) is 8.67. The van der Waals surface area contributed by atoms with E-state index in [1.165, 1.54) is 25.1 Å². The predicted molar refractivity (Wildman–Crippen MR) is 165 cm³/mol. The molecule has 2 aromatic carbocycles. The molecule has 1 unspecified atom stereocenters. The molecule has 0 radical (unpaired) electrons. The molecule has 41 heavy (non-hydrogen) atoms. The van der Waals surface area contributed by atoms with Crippen molar-refractivity contribution in [3.05, 3.63) is 70.6 Å². The largest absolute Gasteiger partial charge is 0.383 e. The zero-order chi connectivity index (χ0) is 28.4. The highest BCUT2D eigenvalue weighted by Gasteiger charge is 2.30. The molecular weight excluding hydrogens is 556 g/mol. The number of pyridine rings is 1. The summed E-state index contributed by atoms with van der Waals surface area (Å²) in [5.74, 6) is 0. The van der Waals surface area contributed by atoms with E-state index in [9.17, 15) is 4.79 Å². The number of aromatic nitrogens is 1. The zero-order valence-electron chi connectivity index (χ0n) is 23.9. The Morgan fingerprint density at radius 1 is 1.10 bits per heavy atom. The fourth-order valence-electron chi connectivity index (χ4n) is 5.84. The van der Waals surface area contributed by atoms with Crippen LogP contribution in [-0.4, -0.2) is 81.2 Å². The van der Waals surface area contributed by atoms with Crippen LogP contribution >= 0.6 is 23.5 Å². The van der Waals surface area contributed by atoms with Gasteiger partial charge in [-0.2, -0.15) is 0 Å². The van der Waals surface area contributed by atoms with Gasteiger partial charge in [0, 0.05) is 71.3 Å². The lowest BCUT2D eigenvalue weighted by Crippen LogP contribution is -2.51. The lowest BCUT2D eigenvalue weighted by Gasteiger charge is -2.39. The molecule has 0 aliphatic carbocycles. The van der Waals surface area contributed by atoms with Gasteiger partial charge in [0.05, 0.1) is 31.5 Å². The summed E-state index contributed by atoms with van der Waals surface area (Å²) in [7, 11) is 1.76. The molecule has 218 valence electrons.